The summed E-state index contributed by atoms with van der Waals surface area (Å²) in [4.78, 5) is 12.0. The number of nitrogens with one attached hydrogen (secondary N) is 2. The Morgan fingerprint density at radius 2 is 2.13 bits per heavy atom. The summed E-state index contributed by atoms with van der Waals surface area (Å²) in [7, 11) is 0. The van der Waals surface area contributed by atoms with Crippen LogP contribution >= 0.6 is 0 Å². The van der Waals surface area contributed by atoms with Crippen molar-refractivity contribution in [2.75, 3.05) is 13.1 Å². The average molecular weight is 210 g/mol. The Morgan fingerprint density at radius 1 is 1.40 bits per heavy atom. The summed E-state index contributed by atoms with van der Waals surface area (Å²) < 4.78 is 0. The molecule has 1 amide bonds. The summed E-state index contributed by atoms with van der Waals surface area (Å²) in [6, 6.07) is 0.374. The van der Waals surface area contributed by atoms with E-state index in [0.29, 0.717) is 12.0 Å². The molecule has 0 aromatic carbocycles. The molecule has 0 spiro atoms. The Labute approximate surface area is 92.0 Å². The SMILES string of the molecule is CC1CNCC1C(=O)NC(C)C1CCC1. The van der Waals surface area contributed by atoms with Crippen LogP contribution in [0.1, 0.15) is 33.1 Å². The van der Waals surface area contributed by atoms with E-state index in [1.807, 2.05) is 0 Å². The van der Waals surface area contributed by atoms with Crippen molar-refractivity contribution in [2.24, 2.45) is 17.8 Å². The number of hydrogen-bond donors (Lipinski definition) is 2. The third-order valence-electron chi connectivity index (χ3n) is 4.08. The van der Waals surface area contributed by atoms with Crippen LogP contribution in [0.15, 0.2) is 0 Å². The van der Waals surface area contributed by atoms with Gasteiger partial charge in [-0.25, -0.2) is 0 Å². The number of rotatable bonds is 3. The summed E-state index contributed by atoms with van der Waals surface area (Å²) in [6.45, 7) is 6.13. The first-order valence-electron chi connectivity index (χ1n) is 6.19. The van der Waals surface area contributed by atoms with Gasteiger partial charge in [0.25, 0.3) is 0 Å². The fourth-order valence-corrected chi connectivity index (χ4v) is 2.55. The van der Waals surface area contributed by atoms with Crippen LogP contribution < -0.4 is 10.6 Å². The molecule has 15 heavy (non-hydrogen) atoms. The van der Waals surface area contributed by atoms with E-state index in [-0.39, 0.29) is 11.8 Å². The fraction of sp³-hybridized carbons (Fsp3) is 0.917. The molecule has 2 fully saturated rings. The summed E-state index contributed by atoms with van der Waals surface area (Å²) in [5.41, 5.74) is 0. The predicted octanol–water partition coefficient (Wildman–Crippen LogP) is 1.15. The van der Waals surface area contributed by atoms with E-state index in [9.17, 15) is 4.79 Å². The van der Waals surface area contributed by atoms with Gasteiger partial charge in [0.1, 0.15) is 0 Å². The molecule has 1 saturated heterocycles. The first-order chi connectivity index (χ1) is 7.18. The van der Waals surface area contributed by atoms with Gasteiger partial charge in [0, 0.05) is 12.6 Å². The van der Waals surface area contributed by atoms with Crippen LogP contribution in [0.25, 0.3) is 0 Å². The highest BCUT2D eigenvalue weighted by atomic mass is 16.2. The monoisotopic (exact) mass is 210 g/mol. The first-order valence-corrected chi connectivity index (χ1v) is 6.19. The van der Waals surface area contributed by atoms with Gasteiger partial charge in [0.05, 0.1) is 5.92 Å². The van der Waals surface area contributed by atoms with Gasteiger partial charge in [-0.3, -0.25) is 4.79 Å². The molecule has 1 aliphatic carbocycles. The van der Waals surface area contributed by atoms with Gasteiger partial charge < -0.3 is 10.6 Å². The standard InChI is InChI=1S/C12H22N2O/c1-8-6-13-7-11(8)12(15)14-9(2)10-4-3-5-10/h8-11,13H,3-7H2,1-2H3,(H,14,15). The molecule has 0 radical (unpaired) electrons. The van der Waals surface area contributed by atoms with E-state index in [4.69, 9.17) is 0 Å². The van der Waals surface area contributed by atoms with Crippen molar-refractivity contribution in [1.29, 1.82) is 0 Å². The van der Waals surface area contributed by atoms with E-state index < -0.39 is 0 Å². The van der Waals surface area contributed by atoms with E-state index in [0.717, 1.165) is 19.0 Å². The topological polar surface area (TPSA) is 41.1 Å². The molecule has 2 N–H and O–H groups in total. The van der Waals surface area contributed by atoms with Gasteiger partial charge in [-0.2, -0.15) is 0 Å². The normalized spacial score (nSPS) is 33.5. The second-order valence-electron chi connectivity index (χ2n) is 5.23. The van der Waals surface area contributed by atoms with Crippen molar-refractivity contribution in [3.8, 4) is 0 Å². The lowest BCUT2D eigenvalue weighted by Gasteiger charge is -2.32. The zero-order valence-electron chi connectivity index (χ0n) is 9.75. The van der Waals surface area contributed by atoms with Crippen LogP contribution in [0.4, 0.5) is 0 Å². The Kier molecular flexibility index (Phi) is 3.29. The number of carbonyl (C=O) groups is 1. The molecule has 2 aliphatic rings. The van der Waals surface area contributed by atoms with Crippen molar-refractivity contribution < 1.29 is 4.79 Å². The van der Waals surface area contributed by atoms with Gasteiger partial charge in [-0.05, 0) is 38.1 Å². The van der Waals surface area contributed by atoms with Gasteiger partial charge in [-0.1, -0.05) is 13.3 Å². The predicted molar refractivity (Wildman–Crippen MR) is 60.5 cm³/mol. The third kappa shape index (κ3) is 2.33. The molecule has 0 aromatic heterocycles. The molecule has 3 heteroatoms. The van der Waals surface area contributed by atoms with Crippen molar-refractivity contribution in [3.63, 3.8) is 0 Å². The fourth-order valence-electron chi connectivity index (χ4n) is 2.55. The maximum atomic E-state index is 12.0. The number of hydrogen-bond acceptors (Lipinski definition) is 2. The highest BCUT2D eigenvalue weighted by Crippen LogP contribution is 2.29. The maximum Gasteiger partial charge on any atom is 0.224 e. The van der Waals surface area contributed by atoms with E-state index in [1.165, 1.54) is 19.3 Å². The number of carbonyl (C=O) groups excluding carboxylic acids is 1. The smallest absolute Gasteiger partial charge is 0.224 e. The second-order valence-corrected chi connectivity index (χ2v) is 5.23. The van der Waals surface area contributed by atoms with E-state index in [2.05, 4.69) is 24.5 Å². The largest absolute Gasteiger partial charge is 0.353 e. The molecular formula is C12H22N2O. The van der Waals surface area contributed by atoms with Crippen LogP contribution in [-0.4, -0.2) is 25.0 Å². The lowest BCUT2D eigenvalue weighted by molar-refractivity contribution is -0.126. The van der Waals surface area contributed by atoms with Crippen molar-refractivity contribution in [3.05, 3.63) is 0 Å². The summed E-state index contributed by atoms with van der Waals surface area (Å²) >= 11 is 0. The van der Waals surface area contributed by atoms with Crippen molar-refractivity contribution in [1.82, 2.24) is 10.6 Å². The molecule has 3 unspecified atom stereocenters. The minimum atomic E-state index is 0.188. The van der Waals surface area contributed by atoms with Gasteiger partial charge in [0.15, 0.2) is 0 Å². The molecule has 3 atom stereocenters. The quantitative estimate of drug-likeness (QED) is 0.733. The molecule has 86 valence electrons. The van der Waals surface area contributed by atoms with Gasteiger partial charge in [0.2, 0.25) is 5.91 Å². The molecule has 2 rings (SSSR count). The van der Waals surface area contributed by atoms with Crippen molar-refractivity contribution >= 4 is 5.91 Å². The molecule has 3 nitrogen and oxygen atoms in total. The molecular weight excluding hydrogens is 188 g/mol. The highest BCUT2D eigenvalue weighted by molar-refractivity contribution is 5.79. The molecule has 1 saturated carbocycles. The van der Waals surface area contributed by atoms with Gasteiger partial charge >= 0.3 is 0 Å². The molecule has 1 heterocycles. The summed E-state index contributed by atoms with van der Waals surface area (Å²) in [5, 5.41) is 6.45. The number of amides is 1. The molecule has 0 bridgehead atoms. The van der Waals surface area contributed by atoms with E-state index in [1.54, 1.807) is 0 Å². The summed E-state index contributed by atoms with van der Waals surface area (Å²) in [5.74, 6) is 1.66. The second kappa shape index (κ2) is 4.52. The molecule has 0 aromatic rings. The Bertz CT molecular complexity index is 238. The lowest BCUT2D eigenvalue weighted by atomic mass is 9.80. The Hall–Kier alpha value is -0.570. The van der Waals surface area contributed by atoms with Gasteiger partial charge in [-0.15, -0.1) is 0 Å². The Morgan fingerprint density at radius 3 is 2.60 bits per heavy atom. The highest BCUT2D eigenvalue weighted by Gasteiger charge is 2.32. The Balaban J connectivity index is 1.80. The third-order valence-corrected chi connectivity index (χ3v) is 4.08. The van der Waals surface area contributed by atoms with Crippen molar-refractivity contribution in [2.45, 2.75) is 39.2 Å². The summed E-state index contributed by atoms with van der Waals surface area (Å²) in [6.07, 6.45) is 3.92. The first kappa shape index (κ1) is 10.9. The van der Waals surface area contributed by atoms with Crippen LogP contribution in [-0.2, 0) is 4.79 Å². The lowest BCUT2D eigenvalue weighted by Crippen LogP contribution is -2.44. The minimum absolute atomic E-state index is 0.188. The van der Waals surface area contributed by atoms with Crippen LogP contribution in [0.5, 0.6) is 0 Å². The van der Waals surface area contributed by atoms with Crippen LogP contribution in [0.3, 0.4) is 0 Å². The average Bonchev–Trinajstić information content (AvgIpc) is 2.47. The van der Waals surface area contributed by atoms with E-state index >= 15 is 0 Å². The molecule has 1 aliphatic heterocycles. The zero-order valence-corrected chi connectivity index (χ0v) is 9.75. The maximum absolute atomic E-state index is 12.0. The van der Waals surface area contributed by atoms with Crippen LogP contribution in [0, 0.1) is 17.8 Å². The van der Waals surface area contributed by atoms with Crippen LogP contribution in [0.2, 0.25) is 0 Å². The zero-order chi connectivity index (χ0) is 10.8. The minimum Gasteiger partial charge on any atom is -0.353 e.